The lowest BCUT2D eigenvalue weighted by Crippen LogP contribution is -2.73. The summed E-state index contributed by atoms with van der Waals surface area (Å²) in [7, 11) is 0. The highest BCUT2D eigenvalue weighted by Crippen LogP contribution is 2.60. The fraction of sp³-hybridized carbons (Fsp3) is 0.882. The molecule has 3 aliphatic rings. The zero-order chi connectivity index (χ0) is 15.6. The van der Waals surface area contributed by atoms with Crippen LogP contribution in [0, 0.1) is 17.8 Å². The van der Waals surface area contributed by atoms with Crippen LogP contribution in [-0.4, -0.2) is 34.0 Å². The maximum Gasteiger partial charge on any atom is 0.411 e. The number of amides is 1. The van der Waals surface area contributed by atoms with Crippen molar-refractivity contribution in [1.82, 2.24) is 4.90 Å². The molecule has 3 rings (SSSR count). The van der Waals surface area contributed by atoms with Crippen molar-refractivity contribution >= 4 is 11.9 Å². The predicted octanol–water partition coefficient (Wildman–Crippen LogP) is 3.39. The van der Waals surface area contributed by atoms with Crippen molar-refractivity contribution in [2.45, 2.75) is 77.5 Å². The fourth-order valence-electron chi connectivity index (χ4n) is 4.42. The highest BCUT2D eigenvalue weighted by molar-refractivity contribution is 6.03. The van der Waals surface area contributed by atoms with E-state index in [1.807, 2.05) is 34.6 Å². The number of carbonyl (C=O) groups excluding carboxylic acids is 2. The summed E-state index contributed by atoms with van der Waals surface area (Å²) in [5.74, 6) is 2.50. The van der Waals surface area contributed by atoms with Crippen LogP contribution in [0.4, 0.5) is 4.79 Å². The lowest BCUT2D eigenvalue weighted by molar-refractivity contribution is -0.154. The van der Waals surface area contributed by atoms with Crippen molar-refractivity contribution in [1.29, 1.82) is 0 Å². The Morgan fingerprint density at radius 2 is 1.86 bits per heavy atom. The second kappa shape index (κ2) is 4.47. The van der Waals surface area contributed by atoms with Crippen LogP contribution in [0.3, 0.4) is 0 Å². The molecule has 1 heterocycles. The maximum absolute atomic E-state index is 12.4. The molecular formula is C17H27NO3. The topological polar surface area (TPSA) is 46.6 Å². The highest BCUT2D eigenvalue weighted by atomic mass is 16.6. The Labute approximate surface area is 127 Å². The molecule has 0 bridgehead atoms. The summed E-state index contributed by atoms with van der Waals surface area (Å²) in [6, 6.07) is -0.259. The summed E-state index contributed by atoms with van der Waals surface area (Å²) in [5.41, 5.74) is -1.23. The summed E-state index contributed by atoms with van der Waals surface area (Å²) in [6.45, 7) is 9.23. The van der Waals surface area contributed by atoms with Gasteiger partial charge in [-0.05, 0) is 71.6 Å². The average molecular weight is 293 g/mol. The molecule has 118 valence electrons. The molecule has 0 aromatic heterocycles. The number of likely N-dealkylation sites (tertiary alicyclic amines) is 1. The fourth-order valence-corrected chi connectivity index (χ4v) is 4.42. The number of Topliss-reactive ketones (excluding diaryl/α,β-unsaturated/α-hetero) is 1. The van der Waals surface area contributed by atoms with Gasteiger partial charge in [0, 0.05) is 0 Å². The van der Waals surface area contributed by atoms with E-state index in [2.05, 4.69) is 0 Å². The summed E-state index contributed by atoms with van der Waals surface area (Å²) in [5, 5.41) is 0. The van der Waals surface area contributed by atoms with E-state index in [-0.39, 0.29) is 17.9 Å². The van der Waals surface area contributed by atoms with E-state index in [0.29, 0.717) is 5.92 Å². The van der Waals surface area contributed by atoms with Crippen molar-refractivity contribution in [3.63, 3.8) is 0 Å². The third-order valence-electron chi connectivity index (χ3n) is 5.49. The van der Waals surface area contributed by atoms with Crippen LogP contribution in [0.5, 0.6) is 0 Å². The molecule has 1 amide bonds. The molecule has 3 atom stereocenters. The first kappa shape index (κ1) is 14.9. The first-order chi connectivity index (χ1) is 9.63. The van der Waals surface area contributed by atoms with Gasteiger partial charge in [-0.2, -0.15) is 0 Å². The van der Waals surface area contributed by atoms with Crippen molar-refractivity contribution in [2.24, 2.45) is 17.8 Å². The second-order valence-corrected chi connectivity index (χ2v) is 8.45. The number of hydrogen-bond acceptors (Lipinski definition) is 3. The number of rotatable bonds is 2. The number of nitrogens with zero attached hydrogens (tertiary/aromatic N) is 1. The Bertz CT molecular complexity index is 467. The average Bonchev–Trinajstić information content (AvgIpc) is 2.78. The molecule has 21 heavy (non-hydrogen) atoms. The highest BCUT2D eigenvalue weighted by Gasteiger charge is 2.61. The first-order valence-corrected chi connectivity index (χ1v) is 8.19. The van der Waals surface area contributed by atoms with Crippen molar-refractivity contribution in [3.8, 4) is 0 Å². The van der Waals surface area contributed by atoms with E-state index >= 15 is 0 Å². The maximum atomic E-state index is 12.4. The van der Waals surface area contributed by atoms with Gasteiger partial charge in [-0.3, -0.25) is 9.69 Å². The van der Waals surface area contributed by atoms with Crippen molar-refractivity contribution in [3.05, 3.63) is 0 Å². The van der Waals surface area contributed by atoms with Crippen LogP contribution in [-0.2, 0) is 9.53 Å². The molecule has 0 aromatic rings. The van der Waals surface area contributed by atoms with Gasteiger partial charge in [0.25, 0.3) is 0 Å². The van der Waals surface area contributed by atoms with Gasteiger partial charge in [0.1, 0.15) is 11.1 Å². The summed E-state index contributed by atoms with van der Waals surface area (Å²) < 4.78 is 5.49. The zero-order valence-electron chi connectivity index (χ0n) is 13.8. The molecule has 4 nitrogen and oxygen atoms in total. The molecule has 0 aromatic carbocycles. The quantitative estimate of drug-likeness (QED) is 0.784. The van der Waals surface area contributed by atoms with E-state index in [0.717, 1.165) is 18.3 Å². The largest absolute Gasteiger partial charge is 0.444 e. The number of fused-ring (bicyclic) bond motifs is 1. The van der Waals surface area contributed by atoms with E-state index in [1.165, 1.54) is 19.3 Å². The first-order valence-electron chi connectivity index (χ1n) is 8.19. The molecule has 0 radical (unpaired) electrons. The number of ketones is 1. The van der Waals surface area contributed by atoms with Gasteiger partial charge in [0.05, 0.1) is 6.04 Å². The van der Waals surface area contributed by atoms with Gasteiger partial charge in [0.15, 0.2) is 5.78 Å². The molecular weight excluding hydrogens is 266 g/mol. The third kappa shape index (κ3) is 2.36. The number of hydrogen-bond donors (Lipinski definition) is 0. The van der Waals surface area contributed by atoms with E-state index in [1.54, 1.807) is 4.90 Å². The summed E-state index contributed by atoms with van der Waals surface area (Å²) in [4.78, 5) is 26.5. The molecule has 1 aliphatic heterocycles. The van der Waals surface area contributed by atoms with Gasteiger partial charge in [-0.25, -0.2) is 4.79 Å². The SMILES string of the molecule is CC(C)(C)OC(=O)N1C(CC2C3CCCC32)C(=O)C1(C)C. The van der Waals surface area contributed by atoms with Gasteiger partial charge in [-0.15, -0.1) is 0 Å². The minimum absolute atomic E-state index is 0.193. The van der Waals surface area contributed by atoms with Gasteiger partial charge in [-0.1, -0.05) is 6.42 Å². The summed E-state index contributed by atoms with van der Waals surface area (Å²) in [6.07, 6.45) is 4.46. The number of ether oxygens (including phenoxy) is 1. The monoisotopic (exact) mass is 293 g/mol. The van der Waals surface area contributed by atoms with E-state index < -0.39 is 11.1 Å². The molecule has 3 unspecified atom stereocenters. The van der Waals surface area contributed by atoms with Crippen LogP contribution in [0.1, 0.15) is 60.3 Å². The Kier molecular flexibility index (Phi) is 3.16. The molecule has 1 saturated heterocycles. The van der Waals surface area contributed by atoms with Crippen LogP contribution in [0.15, 0.2) is 0 Å². The predicted molar refractivity (Wildman–Crippen MR) is 79.9 cm³/mol. The Balaban J connectivity index is 1.67. The molecule has 2 aliphatic carbocycles. The minimum Gasteiger partial charge on any atom is -0.444 e. The molecule has 4 heteroatoms. The van der Waals surface area contributed by atoms with Gasteiger partial charge < -0.3 is 4.74 Å². The van der Waals surface area contributed by atoms with Crippen molar-refractivity contribution in [2.75, 3.05) is 0 Å². The van der Waals surface area contributed by atoms with E-state index in [9.17, 15) is 9.59 Å². The van der Waals surface area contributed by atoms with Crippen LogP contribution >= 0.6 is 0 Å². The van der Waals surface area contributed by atoms with E-state index in [4.69, 9.17) is 4.74 Å². The normalized spacial score (nSPS) is 37.0. The molecule has 0 spiro atoms. The lowest BCUT2D eigenvalue weighted by Gasteiger charge is -2.52. The lowest BCUT2D eigenvalue weighted by atomic mass is 9.77. The van der Waals surface area contributed by atoms with Crippen molar-refractivity contribution < 1.29 is 14.3 Å². The zero-order valence-corrected chi connectivity index (χ0v) is 13.8. The van der Waals surface area contributed by atoms with Gasteiger partial charge in [0.2, 0.25) is 0 Å². The van der Waals surface area contributed by atoms with Crippen LogP contribution < -0.4 is 0 Å². The van der Waals surface area contributed by atoms with Crippen LogP contribution in [0.2, 0.25) is 0 Å². The number of carbonyl (C=O) groups is 2. The molecule has 2 saturated carbocycles. The third-order valence-corrected chi connectivity index (χ3v) is 5.49. The Morgan fingerprint density at radius 1 is 1.29 bits per heavy atom. The minimum atomic E-state index is -0.711. The van der Waals surface area contributed by atoms with Gasteiger partial charge >= 0.3 is 6.09 Å². The standard InChI is InChI=1S/C17H27NO3/c1-16(2,3)21-15(20)18-13(14(19)17(18,4)5)9-12-10-7-6-8-11(10)12/h10-13H,6-9H2,1-5H3. The molecule has 3 fully saturated rings. The summed E-state index contributed by atoms with van der Waals surface area (Å²) >= 11 is 0. The van der Waals surface area contributed by atoms with Crippen LogP contribution in [0.25, 0.3) is 0 Å². The Morgan fingerprint density at radius 3 is 2.38 bits per heavy atom. The smallest absolute Gasteiger partial charge is 0.411 e. The molecule has 0 N–H and O–H groups in total. The second-order valence-electron chi connectivity index (χ2n) is 8.45. The Hall–Kier alpha value is -1.06.